The van der Waals surface area contributed by atoms with Gasteiger partial charge >= 0.3 is 0 Å². The first-order valence-electron chi connectivity index (χ1n) is 3.15. The van der Waals surface area contributed by atoms with Gasteiger partial charge in [0.05, 0.1) is 18.8 Å². The summed E-state index contributed by atoms with van der Waals surface area (Å²) in [6.45, 7) is 0.785. The van der Waals surface area contributed by atoms with Crippen LogP contribution in [0.2, 0.25) is 0 Å². The fourth-order valence-electron chi connectivity index (χ4n) is 0.863. The first-order valence-corrected chi connectivity index (χ1v) is 3.15. The highest BCUT2D eigenvalue weighted by atomic mass is 16.5. The molecular weight excluding hydrogens is 114 g/mol. The van der Waals surface area contributed by atoms with E-state index >= 15 is 0 Å². The van der Waals surface area contributed by atoms with Crippen LogP contribution in [-0.4, -0.2) is 6.61 Å². The van der Waals surface area contributed by atoms with Crippen LogP contribution in [0.1, 0.15) is 19.3 Å². The molecule has 0 aromatic carbocycles. The van der Waals surface area contributed by atoms with Crippen LogP contribution in [0.3, 0.4) is 0 Å². The highest BCUT2D eigenvalue weighted by molar-refractivity contribution is 5.08. The monoisotopic (exact) mass is 123 g/mol. The number of nitrogens with zero attached hydrogens (tertiary/aromatic N) is 1. The molecule has 1 heterocycles. The van der Waals surface area contributed by atoms with E-state index in [4.69, 9.17) is 10.00 Å². The summed E-state index contributed by atoms with van der Waals surface area (Å²) in [4.78, 5) is 0. The maximum Gasteiger partial charge on any atom is 0.106 e. The van der Waals surface area contributed by atoms with Gasteiger partial charge in [-0.25, -0.2) is 0 Å². The second-order valence-electron chi connectivity index (χ2n) is 2.05. The molecule has 1 fully saturated rings. The Bertz CT molecular complexity index is 147. The second kappa shape index (κ2) is 3.13. The summed E-state index contributed by atoms with van der Waals surface area (Å²) >= 11 is 0. The molecule has 0 aromatic rings. The Labute approximate surface area is 54.7 Å². The molecule has 0 spiro atoms. The molecule has 2 nitrogen and oxygen atoms in total. The molecule has 0 aromatic heterocycles. The lowest BCUT2D eigenvalue weighted by Gasteiger charge is -2.13. The van der Waals surface area contributed by atoms with Crippen LogP contribution in [0.15, 0.2) is 11.8 Å². The molecule has 1 aliphatic rings. The summed E-state index contributed by atoms with van der Waals surface area (Å²) in [5.74, 6) is 0.851. The first-order chi connectivity index (χ1) is 4.43. The highest BCUT2D eigenvalue weighted by Gasteiger charge is 2.03. The Morgan fingerprint density at radius 3 is 3.00 bits per heavy atom. The van der Waals surface area contributed by atoms with E-state index in [-0.39, 0.29) is 0 Å². The summed E-state index contributed by atoms with van der Waals surface area (Å²) in [5, 5.41) is 8.21. The Balaban J connectivity index is 2.42. The number of hydrogen-bond donors (Lipinski definition) is 0. The molecule has 1 saturated heterocycles. The average molecular weight is 123 g/mol. The van der Waals surface area contributed by atoms with Crippen LogP contribution in [0.4, 0.5) is 0 Å². The zero-order chi connectivity index (χ0) is 6.53. The van der Waals surface area contributed by atoms with Crippen molar-refractivity contribution in [2.45, 2.75) is 19.3 Å². The molecular formula is C7H9NO. The fourth-order valence-corrected chi connectivity index (χ4v) is 0.863. The van der Waals surface area contributed by atoms with Crippen LogP contribution in [0, 0.1) is 11.3 Å². The van der Waals surface area contributed by atoms with Gasteiger partial charge in [0.15, 0.2) is 0 Å². The highest BCUT2D eigenvalue weighted by Crippen LogP contribution is 2.14. The summed E-state index contributed by atoms with van der Waals surface area (Å²) < 4.78 is 5.16. The summed E-state index contributed by atoms with van der Waals surface area (Å²) in [6, 6.07) is 1.95. The van der Waals surface area contributed by atoms with Crippen molar-refractivity contribution < 1.29 is 4.74 Å². The molecule has 1 aliphatic heterocycles. The minimum atomic E-state index is 0.785. The zero-order valence-corrected chi connectivity index (χ0v) is 5.26. The predicted molar refractivity (Wildman–Crippen MR) is 33.5 cm³/mol. The molecule has 9 heavy (non-hydrogen) atoms. The van der Waals surface area contributed by atoms with Gasteiger partial charge in [0.25, 0.3) is 0 Å². The Kier molecular flexibility index (Phi) is 2.14. The largest absolute Gasteiger partial charge is 0.497 e. The Morgan fingerprint density at radius 1 is 1.56 bits per heavy atom. The van der Waals surface area contributed by atoms with E-state index in [1.807, 2.05) is 6.07 Å². The first kappa shape index (κ1) is 6.15. The van der Waals surface area contributed by atoms with Gasteiger partial charge in [-0.15, -0.1) is 0 Å². The average Bonchev–Trinajstić information content (AvgIpc) is 1.91. The van der Waals surface area contributed by atoms with Gasteiger partial charge in [0.2, 0.25) is 0 Å². The van der Waals surface area contributed by atoms with Crippen molar-refractivity contribution in [1.29, 1.82) is 5.26 Å². The molecule has 0 amide bonds. The summed E-state index contributed by atoms with van der Waals surface area (Å²) in [5.41, 5.74) is 0. The van der Waals surface area contributed by atoms with Gasteiger partial charge in [-0.3, -0.25) is 0 Å². The molecule has 0 unspecified atom stereocenters. The van der Waals surface area contributed by atoms with Gasteiger partial charge in [-0.1, -0.05) is 0 Å². The topological polar surface area (TPSA) is 33.0 Å². The minimum Gasteiger partial charge on any atom is -0.497 e. The third-order valence-electron chi connectivity index (χ3n) is 1.33. The molecule has 48 valence electrons. The van der Waals surface area contributed by atoms with Gasteiger partial charge in [0.1, 0.15) is 5.76 Å². The number of rotatable bonds is 0. The standard InChI is InChI=1S/C7H9NO/c8-5-4-7-3-1-2-6-9-7/h4H,1-3,6H2/b7-4+. The van der Waals surface area contributed by atoms with E-state index in [0.29, 0.717) is 0 Å². The number of allylic oxidation sites excluding steroid dienone is 2. The van der Waals surface area contributed by atoms with E-state index < -0.39 is 0 Å². The van der Waals surface area contributed by atoms with Crippen LogP contribution in [-0.2, 0) is 4.74 Å². The van der Waals surface area contributed by atoms with Crippen LogP contribution >= 0.6 is 0 Å². The number of ether oxygens (including phenoxy) is 1. The lowest BCUT2D eigenvalue weighted by Crippen LogP contribution is -2.01. The van der Waals surface area contributed by atoms with Gasteiger partial charge in [-0.05, 0) is 12.8 Å². The minimum absolute atomic E-state index is 0.785. The van der Waals surface area contributed by atoms with Gasteiger partial charge in [-0.2, -0.15) is 5.26 Å². The molecule has 0 saturated carbocycles. The van der Waals surface area contributed by atoms with Gasteiger partial charge in [0, 0.05) is 6.42 Å². The molecule has 1 rings (SSSR count). The van der Waals surface area contributed by atoms with Crippen molar-refractivity contribution in [1.82, 2.24) is 0 Å². The van der Waals surface area contributed by atoms with Crippen LogP contribution in [0.5, 0.6) is 0 Å². The van der Waals surface area contributed by atoms with Crippen molar-refractivity contribution in [3.63, 3.8) is 0 Å². The van der Waals surface area contributed by atoms with Crippen molar-refractivity contribution in [3.05, 3.63) is 11.8 Å². The molecule has 0 radical (unpaired) electrons. The maximum absolute atomic E-state index is 8.21. The smallest absolute Gasteiger partial charge is 0.106 e. The predicted octanol–water partition coefficient (Wildman–Crippen LogP) is 1.59. The fraction of sp³-hybridized carbons (Fsp3) is 0.571. The normalized spacial score (nSPS) is 22.8. The van der Waals surface area contributed by atoms with Crippen molar-refractivity contribution >= 4 is 0 Å². The zero-order valence-electron chi connectivity index (χ0n) is 5.26. The molecule has 0 N–H and O–H groups in total. The van der Waals surface area contributed by atoms with E-state index in [1.54, 1.807) is 0 Å². The lowest BCUT2D eigenvalue weighted by molar-refractivity contribution is 0.166. The Hall–Kier alpha value is -0.970. The van der Waals surface area contributed by atoms with E-state index in [9.17, 15) is 0 Å². The van der Waals surface area contributed by atoms with E-state index in [2.05, 4.69) is 0 Å². The number of nitriles is 1. The van der Waals surface area contributed by atoms with Crippen molar-refractivity contribution in [2.75, 3.05) is 6.61 Å². The van der Waals surface area contributed by atoms with E-state index in [1.165, 1.54) is 6.08 Å². The SMILES string of the molecule is N#C/C=C1\CCCCO1. The molecule has 0 aliphatic carbocycles. The van der Waals surface area contributed by atoms with Crippen molar-refractivity contribution in [2.24, 2.45) is 0 Å². The van der Waals surface area contributed by atoms with Crippen molar-refractivity contribution in [3.8, 4) is 6.07 Å². The quantitative estimate of drug-likeness (QED) is 0.458. The lowest BCUT2D eigenvalue weighted by atomic mass is 10.2. The number of hydrogen-bond acceptors (Lipinski definition) is 2. The third kappa shape index (κ3) is 1.77. The molecule has 2 heteroatoms. The van der Waals surface area contributed by atoms with Gasteiger partial charge < -0.3 is 4.74 Å². The maximum atomic E-state index is 8.21. The van der Waals surface area contributed by atoms with Crippen LogP contribution in [0.25, 0.3) is 0 Å². The van der Waals surface area contributed by atoms with Crippen LogP contribution < -0.4 is 0 Å². The molecule has 0 atom stereocenters. The van der Waals surface area contributed by atoms with E-state index in [0.717, 1.165) is 31.6 Å². The second-order valence-corrected chi connectivity index (χ2v) is 2.05. The summed E-state index contributed by atoms with van der Waals surface area (Å²) in [6.07, 6.45) is 4.71. The Morgan fingerprint density at radius 2 is 2.44 bits per heavy atom. The molecule has 0 bridgehead atoms. The summed E-state index contributed by atoms with van der Waals surface area (Å²) in [7, 11) is 0. The third-order valence-corrected chi connectivity index (χ3v) is 1.33.